The summed E-state index contributed by atoms with van der Waals surface area (Å²) in [5, 5.41) is 7.09. The molecular formula is C34H30NO2+. The zero-order valence-electron chi connectivity index (χ0n) is 22.0. The van der Waals surface area contributed by atoms with Crippen molar-refractivity contribution in [3.63, 3.8) is 0 Å². The molecule has 182 valence electrons. The molecule has 0 aliphatic rings. The Kier molecular flexibility index (Phi) is 4.75. The van der Waals surface area contributed by atoms with E-state index in [-0.39, 0.29) is 0 Å². The lowest BCUT2D eigenvalue weighted by atomic mass is 9.90. The molecule has 3 aromatic heterocycles. The third-order valence-corrected chi connectivity index (χ3v) is 7.90. The van der Waals surface area contributed by atoms with E-state index in [0.29, 0.717) is 5.92 Å². The maximum absolute atomic E-state index is 6.58. The summed E-state index contributed by atoms with van der Waals surface area (Å²) in [6.07, 6.45) is 3.14. The Hall–Kier alpha value is -4.11. The lowest BCUT2D eigenvalue weighted by molar-refractivity contribution is -0.659. The van der Waals surface area contributed by atoms with E-state index in [1.165, 1.54) is 32.8 Å². The average Bonchev–Trinajstić information content (AvgIpc) is 3.44. The Morgan fingerprint density at radius 2 is 1.41 bits per heavy atom. The molecule has 4 aromatic carbocycles. The van der Waals surface area contributed by atoms with Gasteiger partial charge in [-0.3, -0.25) is 0 Å². The number of furan rings is 2. The van der Waals surface area contributed by atoms with Gasteiger partial charge in [-0.25, -0.2) is 4.57 Å². The molecule has 0 fully saturated rings. The first-order valence-electron chi connectivity index (χ1n) is 13.1. The van der Waals surface area contributed by atoms with Gasteiger partial charge in [0.2, 0.25) is 5.69 Å². The highest BCUT2D eigenvalue weighted by Crippen LogP contribution is 2.43. The predicted molar refractivity (Wildman–Crippen MR) is 153 cm³/mol. The summed E-state index contributed by atoms with van der Waals surface area (Å²) >= 11 is 0. The Morgan fingerprint density at radius 3 is 2.16 bits per heavy atom. The van der Waals surface area contributed by atoms with Crippen LogP contribution in [-0.4, -0.2) is 0 Å². The molecule has 0 unspecified atom stereocenters. The Balaban J connectivity index is 1.68. The molecule has 0 saturated carbocycles. The molecule has 3 nitrogen and oxygen atoms in total. The highest BCUT2D eigenvalue weighted by atomic mass is 16.3. The summed E-state index contributed by atoms with van der Waals surface area (Å²) in [5.74, 6) is 0.526. The average molecular weight is 485 g/mol. The standard InChI is InChI=1S/C34H30NO2/c1-19(2)16-22-18-26-24(33-31(22)25-11-7-9-13-29(25)37-33)14-15-35(5)32(26)30-21(4)20(3)17-27-23-10-6-8-12-28(23)36-34(27)30/h6-15,17-19H,16H2,1-5H3/q+1. The Labute approximate surface area is 215 Å². The number of fused-ring (bicyclic) bond motifs is 8. The number of aryl methyl sites for hydroxylation is 2. The second-order valence-corrected chi connectivity index (χ2v) is 10.8. The van der Waals surface area contributed by atoms with Crippen LogP contribution in [0.5, 0.6) is 0 Å². The van der Waals surface area contributed by atoms with Gasteiger partial charge in [0.1, 0.15) is 29.4 Å². The van der Waals surface area contributed by atoms with E-state index in [9.17, 15) is 0 Å². The van der Waals surface area contributed by atoms with Gasteiger partial charge in [-0.15, -0.1) is 0 Å². The summed E-state index contributed by atoms with van der Waals surface area (Å²) in [6.45, 7) is 8.98. The summed E-state index contributed by atoms with van der Waals surface area (Å²) in [6, 6.07) is 23.6. The Bertz CT molecular complexity index is 2020. The topological polar surface area (TPSA) is 30.2 Å². The fourth-order valence-corrected chi connectivity index (χ4v) is 6.10. The minimum Gasteiger partial charge on any atom is -0.455 e. The molecule has 3 heteroatoms. The molecule has 0 aliphatic heterocycles. The van der Waals surface area contributed by atoms with Crippen LogP contribution < -0.4 is 4.57 Å². The number of pyridine rings is 1. The van der Waals surface area contributed by atoms with Crippen molar-refractivity contribution in [1.82, 2.24) is 0 Å². The number of hydrogen-bond acceptors (Lipinski definition) is 2. The second-order valence-electron chi connectivity index (χ2n) is 10.8. The normalized spacial score (nSPS) is 12.3. The number of hydrogen-bond donors (Lipinski definition) is 0. The third kappa shape index (κ3) is 3.16. The van der Waals surface area contributed by atoms with Crippen molar-refractivity contribution in [1.29, 1.82) is 0 Å². The van der Waals surface area contributed by atoms with Crippen LogP contribution in [0.15, 0.2) is 81.8 Å². The summed E-state index contributed by atoms with van der Waals surface area (Å²) in [5.41, 5.74) is 9.94. The van der Waals surface area contributed by atoms with Crippen LogP contribution in [-0.2, 0) is 13.5 Å². The lowest BCUT2D eigenvalue weighted by Gasteiger charge is -2.13. The molecule has 37 heavy (non-hydrogen) atoms. The highest BCUT2D eigenvalue weighted by Gasteiger charge is 2.27. The molecule has 0 saturated heterocycles. The van der Waals surface area contributed by atoms with Gasteiger partial charge in [-0.05, 0) is 67.1 Å². The van der Waals surface area contributed by atoms with Crippen LogP contribution >= 0.6 is 0 Å². The van der Waals surface area contributed by atoms with Gasteiger partial charge in [-0.1, -0.05) is 50.2 Å². The van der Waals surface area contributed by atoms with Crippen molar-refractivity contribution in [2.45, 2.75) is 34.1 Å². The molecule has 0 amide bonds. The highest BCUT2D eigenvalue weighted by molar-refractivity contribution is 6.19. The maximum Gasteiger partial charge on any atom is 0.224 e. The number of para-hydroxylation sites is 2. The fourth-order valence-electron chi connectivity index (χ4n) is 6.10. The van der Waals surface area contributed by atoms with Gasteiger partial charge in [0.05, 0.1) is 10.9 Å². The quantitative estimate of drug-likeness (QED) is 0.234. The summed E-state index contributed by atoms with van der Waals surface area (Å²) in [4.78, 5) is 0. The van der Waals surface area contributed by atoms with Crippen LogP contribution in [0.25, 0.3) is 65.9 Å². The molecule has 0 radical (unpaired) electrons. The molecule has 3 heterocycles. The van der Waals surface area contributed by atoms with Gasteiger partial charge in [0.15, 0.2) is 6.20 Å². The number of aromatic nitrogens is 1. The van der Waals surface area contributed by atoms with Crippen molar-refractivity contribution >= 4 is 54.6 Å². The maximum atomic E-state index is 6.58. The lowest BCUT2D eigenvalue weighted by Crippen LogP contribution is -2.31. The molecule has 0 N–H and O–H groups in total. The van der Waals surface area contributed by atoms with E-state index in [1.54, 1.807) is 0 Å². The molecule has 0 bridgehead atoms. The van der Waals surface area contributed by atoms with E-state index in [2.05, 4.69) is 106 Å². The van der Waals surface area contributed by atoms with E-state index < -0.39 is 0 Å². The molecular weight excluding hydrogens is 454 g/mol. The molecule has 0 atom stereocenters. The fraction of sp³-hybridized carbons (Fsp3) is 0.206. The van der Waals surface area contributed by atoms with Crippen LogP contribution in [0.2, 0.25) is 0 Å². The van der Waals surface area contributed by atoms with Crippen LogP contribution in [0.4, 0.5) is 0 Å². The SMILES string of the molecule is Cc1cc2c(oc3ccccc32)c(-c2c3cc(CC(C)C)c4c5ccccc5oc4c3cc[n+]2C)c1C. The molecule has 7 aromatic rings. The first-order chi connectivity index (χ1) is 17.9. The zero-order valence-corrected chi connectivity index (χ0v) is 22.0. The molecule has 0 aliphatic carbocycles. The largest absolute Gasteiger partial charge is 0.455 e. The van der Waals surface area contributed by atoms with Gasteiger partial charge >= 0.3 is 0 Å². The summed E-state index contributed by atoms with van der Waals surface area (Å²) in [7, 11) is 2.13. The van der Waals surface area contributed by atoms with Gasteiger partial charge in [0, 0.05) is 33.0 Å². The zero-order chi connectivity index (χ0) is 25.4. The number of nitrogens with zero attached hydrogens (tertiary/aromatic N) is 1. The van der Waals surface area contributed by atoms with Gasteiger partial charge in [-0.2, -0.15) is 0 Å². The Morgan fingerprint density at radius 1 is 0.730 bits per heavy atom. The third-order valence-electron chi connectivity index (χ3n) is 7.90. The molecule has 0 spiro atoms. The van der Waals surface area contributed by atoms with Gasteiger partial charge < -0.3 is 8.83 Å². The predicted octanol–water partition coefficient (Wildman–Crippen LogP) is 8.95. The van der Waals surface area contributed by atoms with Gasteiger partial charge in [0.25, 0.3) is 0 Å². The summed E-state index contributed by atoms with van der Waals surface area (Å²) < 4.78 is 15.4. The van der Waals surface area contributed by atoms with Crippen molar-refractivity contribution in [3.05, 3.63) is 89.6 Å². The number of benzene rings is 4. The first-order valence-corrected chi connectivity index (χ1v) is 13.1. The minimum atomic E-state index is 0.526. The van der Waals surface area contributed by atoms with Crippen LogP contribution in [0.1, 0.15) is 30.5 Å². The number of rotatable bonds is 3. The van der Waals surface area contributed by atoms with E-state index in [1.807, 2.05) is 6.07 Å². The van der Waals surface area contributed by atoms with Crippen molar-refractivity contribution in [2.24, 2.45) is 13.0 Å². The van der Waals surface area contributed by atoms with Crippen LogP contribution in [0, 0.1) is 19.8 Å². The van der Waals surface area contributed by atoms with Crippen LogP contribution in [0.3, 0.4) is 0 Å². The monoisotopic (exact) mass is 484 g/mol. The minimum absolute atomic E-state index is 0.526. The smallest absolute Gasteiger partial charge is 0.224 e. The first kappa shape index (κ1) is 22.1. The van der Waals surface area contributed by atoms with Crippen molar-refractivity contribution in [2.75, 3.05) is 0 Å². The van der Waals surface area contributed by atoms with E-state index in [4.69, 9.17) is 8.83 Å². The molecule has 7 rings (SSSR count). The van der Waals surface area contributed by atoms with E-state index in [0.717, 1.165) is 56.2 Å². The van der Waals surface area contributed by atoms with Crippen molar-refractivity contribution in [3.8, 4) is 11.3 Å². The second kappa shape index (κ2) is 7.94. The van der Waals surface area contributed by atoms with E-state index >= 15 is 0 Å². The van der Waals surface area contributed by atoms with Crippen molar-refractivity contribution < 1.29 is 13.4 Å².